The van der Waals surface area contributed by atoms with E-state index in [1.165, 1.54) is 12.1 Å². The highest BCUT2D eigenvalue weighted by Crippen LogP contribution is 2.37. The van der Waals surface area contributed by atoms with Gasteiger partial charge in [-0.15, -0.1) is 0 Å². The van der Waals surface area contributed by atoms with Crippen LogP contribution in [-0.4, -0.2) is 13.3 Å². The molecule has 0 bridgehead atoms. The zero-order valence-electron chi connectivity index (χ0n) is 17.2. The Morgan fingerprint density at radius 2 is 1.64 bits per heavy atom. The molecule has 0 aliphatic rings. The number of halogens is 3. The van der Waals surface area contributed by atoms with Crippen molar-refractivity contribution >= 4 is 19.9 Å². The third-order valence-corrected chi connectivity index (χ3v) is 10.6. The summed E-state index contributed by atoms with van der Waals surface area (Å²) in [6, 6.07) is 6.84. The highest BCUT2D eigenvalue weighted by atomic mass is 35.5. The number of rotatable bonds is 10. The quantitative estimate of drug-likeness (QED) is 0.370. The lowest BCUT2D eigenvalue weighted by molar-refractivity contribution is 0.176. The minimum atomic E-state index is -1.86. The second-order valence-corrected chi connectivity index (χ2v) is 12.5. The van der Waals surface area contributed by atoms with Crippen molar-refractivity contribution < 1.29 is 13.2 Å². The molecule has 1 unspecified atom stereocenters. The van der Waals surface area contributed by atoms with E-state index in [0.29, 0.717) is 17.0 Å². The molecule has 2 nitrogen and oxygen atoms in total. The van der Waals surface area contributed by atoms with Gasteiger partial charge in [-0.3, -0.25) is 4.98 Å². The number of hydrogen-bond donors (Lipinski definition) is 0. The van der Waals surface area contributed by atoms with E-state index in [1.54, 1.807) is 6.20 Å². The van der Waals surface area contributed by atoms with Gasteiger partial charge >= 0.3 is 0 Å². The second kappa shape index (κ2) is 10.5. The summed E-state index contributed by atoms with van der Waals surface area (Å²) >= 11 is 6.49. The van der Waals surface area contributed by atoms with Gasteiger partial charge in [0.05, 0.1) is 11.1 Å². The van der Waals surface area contributed by atoms with Crippen LogP contribution in [0.25, 0.3) is 0 Å². The molecule has 6 heteroatoms. The van der Waals surface area contributed by atoms with Gasteiger partial charge in [0.25, 0.3) is 0 Å². The third kappa shape index (κ3) is 5.85. The fourth-order valence-corrected chi connectivity index (χ4v) is 6.93. The van der Waals surface area contributed by atoms with E-state index in [2.05, 4.69) is 25.8 Å². The Morgan fingerprint density at radius 3 is 2.18 bits per heavy atom. The van der Waals surface area contributed by atoms with Gasteiger partial charge in [-0.25, -0.2) is 8.78 Å². The van der Waals surface area contributed by atoms with Crippen molar-refractivity contribution in [2.75, 3.05) is 0 Å². The van der Waals surface area contributed by atoms with Crippen LogP contribution in [0.2, 0.25) is 23.2 Å². The molecule has 0 saturated heterocycles. The van der Waals surface area contributed by atoms with Gasteiger partial charge in [0.1, 0.15) is 11.6 Å². The maximum absolute atomic E-state index is 13.5. The van der Waals surface area contributed by atoms with E-state index in [0.717, 1.165) is 48.2 Å². The number of aromatic nitrogens is 1. The zero-order chi connectivity index (χ0) is 20.7. The molecule has 0 saturated carbocycles. The summed E-state index contributed by atoms with van der Waals surface area (Å²) < 4.78 is 33.7. The van der Waals surface area contributed by atoms with E-state index >= 15 is 0 Å². The van der Waals surface area contributed by atoms with Gasteiger partial charge in [-0.1, -0.05) is 32.4 Å². The monoisotopic (exact) mass is 425 g/mol. The largest absolute Gasteiger partial charge is 0.410 e. The molecule has 2 rings (SSSR count). The first kappa shape index (κ1) is 23.0. The minimum absolute atomic E-state index is 0.125. The first-order valence-corrected chi connectivity index (χ1v) is 13.0. The molecule has 0 fully saturated rings. The minimum Gasteiger partial charge on any atom is -0.410 e. The van der Waals surface area contributed by atoms with Crippen LogP contribution in [0, 0.1) is 18.6 Å². The van der Waals surface area contributed by atoms with Crippen molar-refractivity contribution in [2.45, 2.75) is 71.2 Å². The normalized spacial score (nSPS) is 13.0. The molecule has 0 amide bonds. The average molecular weight is 426 g/mol. The van der Waals surface area contributed by atoms with Gasteiger partial charge in [0.15, 0.2) is 8.32 Å². The Kier molecular flexibility index (Phi) is 8.59. The lowest BCUT2D eigenvalue weighted by Crippen LogP contribution is -2.37. The summed E-state index contributed by atoms with van der Waals surface area (Å²) in [6.45, 7) is 8.60. The molecule has 28 heavy (non-hydrogen) atoms. The van der Waals surface area contributed by atoms with E-state index in [1.807, 2.05) is 13.1 Å². The lowest BCUT2D eigenvalue weighted by atomic mass is 9.99. The van der Waals surface area contributed by atoms with Crippen LogP contribution >= 0.6 is 11.6 Å². The average Bonchev–Trinajstić information content (AvgIpc) is 2.65. The fraction of sp³-hybridized carbons (Fsp3) is 0.500. The number of pyridine rings is 1. The molecule has 0 aliphatic carbocycles. The predicted octanol–water partition coefficient (Wildman–Crippen LogP) is 7.41. The molecular weight excluding hydrogens is 396 g/mol. The predicted molar refractivity (Wildman–Crippen MR) is 114 cm³/mol. The first-order valence-electron chi connectivity index (χ1n) is 10.1. The summed E-state index contributed by atoms with van der Waals surface area (Å²) in [6.07, 6.45) is 5.45. The lowest BCUT2D eigenvalue weighted by Gasteiger charge is -2.34. The van der Waals surface area contributed by atoms with Crippen molar-refractivity contribution in [3.8, 4) is 0 Å². The molecule has 1 heterocycles. The topological polar surface area (TPSA) is 22.1 Å². The van der Waals surface area contributed by atoms with Crippen LogP contribution in [0.3, 0.4) is 0 Å². The van der Waals surface area contributed by atoms with Crippen LogP contribution in [0.4, 0.5) is 8.78 Å². The van der Waals surface area contributed by atoms with Crippen molar-refractivity contribution in [2.24, 2.45) is 0 Å². The summed E-state index contributed by atoms with van der Waals surface area (Å²) in [5.41, 5.74) is 2.67. The highest BCUT2D eigenvalue weighted by molar-refractivity contribution is 6.73. The smallest absolute Gasteiger partial charge is 0.192 e. The SMILES string of the molecule is CC[Si](CC)(CC)OC(CCCc1cc(F)cc(F)c1)c1c(C)cncc1Cl. The van der Waals surface area contributed by atoms with E-state index in [-0.39, 0.29) is 6.10 Å². The van der Waals surface area contributed by atoms with Gasteiger partial charge in [-0.05, 0) is 67.6 Å². The zero-order valence-corrected chi connectivity index (χ0v) is 19.0. The number of aryl methyl sites for hydroxylation is 2. The maximum Gasteiger partial charge on any atom is 0.192 e. The van der Waals surface area contributed by atoms with Crippen LogP contribution < -0.4 is 0 Å². The molecule has 154 valence electrons. The second-order valence-electron chi connectivity index (χ2n) is 7.37. The molecule has 1 aromatic heterocycles. The Hall–Kier alpha value is -1.30. The Bertz CT molecular complexity index is 734. The first-order chi connectivity index (χ1) is 13.3. The molecule has 1 aromatic carbocycles. The van der Waals surface area contributed by atoms with Crippen molar-refractivity contribution in [1.82, 2.24) is 4.98 Å². The molecule has 0 radical (unpaired) electrons. The molecule has 1 atom stereocenters. The fourth-order valence-electron chi connectivity index (χ4n) is 3.76. The molecule has 0 N–H and O–H groups in total. The molecule has 0 aliphatic heterocycles. The number of nitrogens with zero attached hydrogens (tertiary/aromatic N) is 1. The maximum atomic E-state index is 13.5. The van der Waals surface area contributed by atoms with Crippen LogP contribution in [0.15, 0.2) is 30.6 Å². The molecule has 0 spiro atoms. The summed E-state index contributed by atoms with van der Waals surface area (Å²) in [5.74, 6) is -1.07. The molecule has 2 aromatic rings. The highest BCUT2D eigenvalue weighted by Gasteiger charge is 2.33. The van der Waals surface area contributed by atoms with Gasteiger partial charge in [-0.2, -0.15) is 0 Å². The van der Waals surface area contributed by atoms with Crippen LogP contribution in [-0.2, 0) is 10.8 Å². The van der Waals surface area contributed by atoms with Gasteiger partial charge in [0, 0.05) is 24.0 Å². The van der Waals surface area contributed by atoms with E-state index < -0.39 is 20.0 Å². The van der Waals surface area contributed by atoms with Gasteiger partial charge < -0.3 is 4.43 Å². The van der Waals surface area contributed by atoms with Crippen molar-refractivity contribution in [3.05, 3.63) is 63.9 Å². The van der Waals surface area contributed by atoms with Crippen molar-refractivity contribution in [3.63, 3.8) is 0 Å². The van der Waals surface area contributed by atoms with Crippen LogP contribution in [0.1, 0.15) is 56.4 Å². The third-order valence-electron chi connectivity index (χ3n) is 5.64. The number of hydrogen-bond acceptors (Lipinski definition) is 2. The van der Waals surface area contributed by atoms with Gasteiger partial charge in [0.2, 0.25) is 0 Å². The summed E-state index contributed by atoms with van der Waals surface area (Å²) in [5, 5.41) is 0.619. The van der Waals surface area contributed by atoms with Crippen LogP contribution in [0.5, 0.6) is 0 Å². The standard InChI is InChI=1S/C22H30ClF2NOSi/c1-5-28(6-2,7-3)27-21(22-16(4)14-26-15-20(22)23)10-8-9-17-11-18(24)13-19(25)12-17/h11-15,21H,5-10H2,1-4H3. The molecular formula is C22H30ClF2NOSi. The summed E-state index contributed by atoms with van der Waals surface area (Å²) in [4.78, 5) is 4.17. The van der Waals surface area contributed by atoms with E-state index in [9.17, 15) is 8.78 Å². The Balaban J connectivity index is 2.23. The number of benzene rings is 1. The van der Waals surface area contributed by atoms with E-state index in [4.69, 9.17) is 16.0 Å². The Labute approximate surface area is 173 Å². The summed E-state index contributed by atoms with van der Waals surface area (Å²) in [7, 11) is -1.86. The Morgan fingerprint density at radius 1 is 1.04 bits per heavy atom. The van der Waals surface area contributed by atoms with Crippen molar-refractivity contribution in [1.29, 1.82) is 0 Å².